The molecule has 0 aromatic rings. The van der Waals surface area contributed by atoms with Crippen molar-refractivity contribution in [1.29, 1.82) is 0 Å². The van der Waals surface area contributed by atoms with Gasteiger partial charge >= 0.3 is 0 Å². The lowest BCUT2D eigenvalue weighted by molar-refractivity contribution is -0.121. The van der Waals surface area contributed by atoms with Gasteiger partial charge in [-0.3, -0.25) is 0 Å². The van der Waals surface area contributed by atoms with Crippen LogP contribution in [0.25, 0.3) is 0 Å². The molecule has 3 N–H and O–H groups in total. The van der Waals surface area contributed by atoms with E-state index in [1.54, 1.807) is 0 Å². The number of carbonyl (C=O) groups excluding carboxylic acids is 1. The topological polar surface area (TPSA) is 77.8 Å². The van der Waals surface area contributed by atoms with Gasteiger partial charge in [-0.1, -0.05) is 0 Å². The molecule has 0 unspecified atom stereocenters. The summed E-state index contributed by atoms with van der Waals surface area (Å²) in [6.07, 6.45) is -2.63. The van der Waals surface area contributed by atoms with Crippen molar-refractivity contribution < 1.29 is 20.1 Å². The van der Waals surface area contributed by atoms with Crippen molar-refractivity contribution in [2.75, 3.05) is 6.61 Å². The minimum absolute atomic E-state index is 0.168. The number of aldehydes is 1. The Hall–Kier alpha value is -0.450. The second-order valence-electron chi connectivity index (χ2n) is 1.38. The minimum Gasteiger partial charge on any atom is -0.394 e. The number of aliphatic hydroxyl groups excluding tert-OH is 3. The molecule has 0 rings (SSSR count). The fraction of sp³-hybridized carbons (Fsp3) is 0.750. The van der Waals surface area contributed by atoms with Gasteiger partial charge in [0, 0.05) is 0 Å². The fourth-order valence-electron chi connectivity index (χ4n) is 0.199. The van der Waals surface area contributed by atoms with E-state index in [1.165, 1.54) is 0 Å². The molecular formula is C4H8O4. The van der Waals surface area contributed by atoms with E-state index in [4.69, 9.17) is 15.3 Å². The molecule has 0 spiro atoms. The average molecular weight is 121 g/mol. The fourth-order valence-corrected chi connectivity index (χ4v) is 0.199. The standard InChI is InChI=1S/C4H8O4/c5-1-3(7)4(8)2-6/h1,3-4,6-8H,2H2/t3-,4-/m1/s1/i1+1. The molecule has 0 amide bonds. The first kappa shape index (κ1) is 7.55. The van der Waals surface area contributed by atoms with Crippen LogP contribution in [0.15, 0.2) is 0 Å². The Kier molecular flexibility index (Phi) is 3.34. The third kappa shape index (κ3) is 2.02. The van der Waals surface area contributed by atoms with Gasteiger partial charge in [-0.15, -0.1) is 0 Å². The number of hydrogen-bond donors (Lipinski definition) is 3. The largest absolute Gasteiger partial charge is 0.394 e. The van der Waals surface area contributed by atoms with Crippen molar-refractivity contribution in [1.82, 2.24) is 0 Å². The first-order valence-electron chi connectivity index (χ1n) is 2.14. The zero-order valence-electron chi connectivity index (χ0n) is 4.19. The SMILES string of the molecule is O=[13CH][C@@H](O)[C@H](O)CO. The highest BCUT2D eigenvalue weighted by Gasteiger charge is 2.12. The van der Waals surface area contributed by atoms with E-state index in [2.05, 4.69) is 0 Å². The maximum Gasteiger partial charge on any atom is 0.151 e. The van der Waals surface area contributed by atoms with Crippen LogP contribution < -0.4 is 0 Å². The van der Waals surface area contributed by atoms with Crippen LogP contribution in [0, 0.1) is 0 Å². The lowest BCUT2D eigenvalue weighted by atomic mass is 10.3. The lowest BCUT2D eigenvalue weighted by Crippen LogP contribution is -2.30. The molecule has 4 nitrogen and oxygen atoms in total. The van der Waals surface area contributed by atoms with Crippen LogP contribution in [0.5, 0.6) is 0 Å². The van der Waals surface area contributed by atoms with Gasteiger partial charge in [0.25, 0.3) is 0 Å². The Balaban J connectivity index is 3.44. The van der Waals surface area contributed by atoms with E-state index in [9.17, 15) is 4.79 Å². The predicted octanol–water partition coefficient (Wildman–Crippen LogP) is -2.10. The number of hydrogen-bond acceptors (Lipinski definition) is 4. The molecule has 0 aliphatic carbocycles. The highest BCUT2D eigenvalue weighted by molar-refractivity contribution is 5.56. The highest BCUT2D eigenvalue weighted by atomic mass is 16.4. The molecule has 0 saturated carbocycles. The monoisotopic (exact) mass is 121 g/mol. The van der Waals surface area contributed by atoms with Gasteiger partial charge in [-0.2, -0.15) is 0 Å². The van der Waals surface area contributed by atoms with Gasteiger partial charge in [0.15, 0.2) is 6.29 Å². The van der Waals surface area contributed by atoms with Crippen LogP contribution in [-0.4, -0.2) is 40.4 Å². The molecule has 2 atom stereocenters. The normalized spacial score (nSPS) is 17.4. The molecule has 0 fully saturated rings. The second-order valence-corrected chi connectivity index (χ2v) is 1.38. The lowest BCUT2D eigenvalue weighted by Gasteiger charge is -2.06. The molecule has 0 aromatic carbocycles. The van der Waals surface area contributed by atoms with E-state index in [-0.39, 0.29) is 6.29 Å². The van der Waals surface area contributed by atoms with E-state index in [0.29, 0.717) is 0 Å². The zero-order valence-corrected chi connectivity index (χ0v) is 4.19. The molecular weight excluding hydrogens is 113 g/mol. The van der Waals surface area contributed by atoms with E-state index >= 15 is 0 Å². The van der Waals surface area contributed by atoms with E-state index in [0.717, 1.165) is 0 Å². The van der Waals surface area contributed by atoms with Crippen molar-refractivity contribution in [3.63, 3.8) is 0 Å². The molecule has 0 saturated heterocycles. The zero-order chi connectivity index (χ0) is 6.57. The molecule has 0 aliphatic rings. The van der Waals surface area contributed by atoms with Gasteiger partial charge in [0.05, 0.1) is 6.61 Å². The average Bonchev–Trinajstić information content (AvgIpc) is 1.84. The van der Waals surface area contributed by atoms with Crippen LogP contribution in [0.3, 0.4) is 0 Å². The van der Waals surface area contributed by atoms with Gasteiger partial charge in [0.2, 0.25) is 0 Å². The van der Waals surface area contributed by atoms with Crippen LogP contribution >= 0.6 is 0 Å². The summed E-state index contributed by atoms with van der Waals surface area (Å²) in [5.74, 6) is 0. The quantitative estimate of drug-likeness (QED) is 0.295. The molecule has 4 heteroatoms. The second kappa shape index (κ2) is 3.54. The third-order valence-corrected chi connectivity index (χ3v) is 0.721. The Morgan fingerprint density at radius 3 is 2.12 bits per heavy atom. The molecule has 0 heterocycles. The Labute approximate surface area is 46.4 Å². The van der Waals surface area contributed by atoms with Gasteiger partial charge in [-0.25, -0.2) is 0 Å². The Bertz CT molecular complexity index is 72.4. The van der Waals surface area contributed by atoms with E-state index < -0.39 is 18.8 Å². The van der Waals surface area contributed by atoms with Crippen LogP contribution in [0.1, 0.15) is 0 Å². The number of carbonyl (C=O) groups is 1. The van der Waals surface area contributed by atoms with Crippen molar-refractivity contribution in [2.45, 2.75) is 12.2 Å². The van der Waals surface area contributed by atoms with Crippen LogP contribution in [0.4, 0.5) is 0 Å². The molecule has 0 aliphatic heterocycles. The van der Waals surface area contributed by atoms with Crippen LogP contribution in [0.2, 0.25) is 0 Å². The first-order chi connectivity index (χ1) is 3.72. The summed E-state index contributed by atoms with van der Waals surface area (Å²) in [5.41, 5.74) is 0. The molecule has 8 heavy (non-hydrogen) atoms. The maximum atomic E-state index is 9.58. The summed E-state index contributed by atoms with van der Waals surface area (Å²) < 4.78 is 0. The predicted molar refractivity (Wildman–Crippen MR) is 25.2 cm³/mol. The summed E-state index contributed by atoms with van der Waals surface area (Å²) in [4.78, 5) is 9.58. The van der Waals surface area contributed by atoms with Crippen molar-refractivity contribution >= 4 is 6.29 Å². The van der Waals surface area contributed by atoms with Gasteiger partial charge < -0.3 is 20.1 Å². The van der Waals surface area contributed by atoms with Gasteiger partial charge in [-0.05, 0) is 0 Å². The van der Waals surface area contributed by atoms with Gasteiger partial charge in [0.1, 0.15) is 12.2 Å². The molecule has 0 aromatic heterocycles. The molecule has 0 radical (unpaired) electrons. The van der Waals surface area contributed by atoms with Crippen LogP contribution in [-0.2, 0) is 4.79 Å². The maximum absolute atomic E-state index is 9.58. The van der Waals surface area contributed by atoms with Crippen molar-refractivity contribution in [3.05, 3.63) is 0 Å². The summed E-state index contributed by atoms with van der Waals surface area (Å²) in [6.45, 7) is -0.597. The summed E-state index contributed by atoms with van der Waals surface area (Å²) in [7, 11) is 0. The van der Waals surface area contributed by atoms with Crippen molar-refractivity contribution in [3.8, 4) is 0 Å². The Morgan fingerprint density at radius 1 is 1.50 bits per heavy atom. The molecule has 48 valence electrons. The number of aliphatic hydroxyl groups is 3. The third-order valence-electron chi connectivity index (χ3n) is 0.721. The first-order valence-corrected chi connectivity index (χ1v) is 2.14. The number of rotatable bonds is 3. The highest BCUT2D eigenvalue weighted by Crippen LogP contribution is 1.85. The molecule has 0 bridgehead atoms. The summed E-state index contributed by atoms with van der Waals surface area (Å²) in [6, 6.07) is 0. The Morgan fingerprint density at radius 2 is 2.00 bits per heavy atom. The van der Waals surface area contributed by atoms with E-state index in [1.807, 2.05) is 0 Å². The van der Waals surface area contributed by atoms with Crippen molar-refractivity contribution in [2.24, 2.45) is 0 Å². The summed E-state index contributed by atoms with van der Waals surface area (Å²) >= 11 is 0. The smallest absolute Gasteiger partial charge is 0.151 e. The summed E-state index contributed by atoms with van der Waals surface area (Å²) in [5, 5.41) is 24.8. The minimum atomic E-state index is -1.46.